The third-order valence-corrected chi connectivity index (χ3v) is 12.7. The number of likely N-dealkylation sites (N-methyl/N-ethyl adjacent to an activating group) is 1. The molecule has 0 fully saturated rings. The first-order chi connectivity index (χ1) is 32.1. The highest BCUT2D eigenvalue weighted by atomic mass is 31.2. The van der Waals surface area contributed by atoms with Crippen molar-refractivity contribution in [2.45, 2.75) is 228 Å². The van der Waals surface area contributed by atoms with Crippen LogP contribution in [0.2, 0.25) is 0 Å². The summed E-state index contributed by atoms with van der Waals surface area (Å²) in [5.41, 5.74) is 0. The molecule has 0 amide bonds. The molecule has 25 heteroatoms. The number of phosphoric acid groups is 1. The summed E-state index contributed by atoms with van der Waals surface area (Å²) in [7, 11) is 1.18. The fourth-order valence-electron chi connectivity index (χ4n) is 7.08. The highest BCUT2D eigenvalue weighted by molar-refractivity contribution is 7.47. The smallest absolute Gasteiger partial charge is 0.379 e. The molecule has 0 aromatic heterocycles. The summed E-state index contributed by atoms with van der Waals surface area (Å²) >= 11 is 0. The highest BCUT2D eigenvalue weighted by Crippen LogP contribution is 2.64. The lowest BCUT2D eigenvalue weighted by molar-refractivity contribution is -0.870. The van der Waals surface area contributed by atoms with Gasteiger partial charge < -0.3 is 18.9 Å². The molecule has 0 spiro atoms. The maximum absolute atomic E-state index is 14.2. The molecular weight excluding hydrogens is 1000 g/mol. The summed E-state index contributed by atoms with van der Waals surface area (Å²) < 4.78 is 264. The van der Waals surface area contributed by atoms with Crippen LogP contribution in [0.5, 0.6) is 0 Å². The van der Waals surface area contributed by atoms with Crippen LogP contribution in [0.15, 0.2) is 0 Å². The van der Waals surface area contributed by atoms with Crippen LogP contribution in [0.1, 0.15) is 174 Å². The molecule has 0 aromatic rings. The molecule has 7 nitrogen and oxygen atoms in total. The third-order valence-electron chi connectivity index (χ3n) is 11.6. The van der Waals surface area contributed by atoms with Crippen LogP contribution in [0.3, 0.4) is 0 Å². The molecular formula is C45H78F17NO6P+. The summed E-state index contributed by atoms with van der Waals surface area (Å²) in [4.78, 5) is 10.3. The van der Waals surface area contributed by atoms with Gasteiger partial charge in [-0.3, -0.25) is 9.05 Å². The van der Waals surface area contributed by atoms with Crippen LogP contribution in [-0.4, -0.2) is 124 Å². The number of nitrogens with zero attached hydrogens (tertiary/aromatic N) is 1. The summed E-state index contributed by atoms with van der Waals surface area (Å²) in [6.07, 6.45) is 9.89. The summed E-state index contributed by atoms with van der Waals surface area (Å²) in [6, 6.07) is 0. The van der Waals surface area contributed by atoms with Crippen molar-refractivity contribution in [3.8, 4) is 0 Å². The maximum atomic E-state index is 14.2. The fraction of sp³-hybridized carbons (Fsp3) is 1.00. The normalized spacial score (nSPS) is 15.5. The van der Waals surface area contributed by atoms with Crippen LogP contribution in [0, 0.1) is 0 Å². The van der Waals surface area contributed by atoms with Gasteiger partial charge in [0.1, 0.15) is 19.3 Å². The van der Waals surface area contributed by atoms with Crippen molar-refractivity contribution in [1.82, 2.24) is 0 Å². The molecule has 422 valence electrons. The standard InChI is InChI=1S/C45H77F17NO6P/c1-5-6-7-8-9-10-11-12-13-14-15-16-19-22-25-28-32-66-35-37(69-70(64,65)68-34-31-63(2,3)4)36-67-33-29-26-23-20-17-18-21-24-27-30-38(46,47)39(48,49)40(50,51)41(52,53)42(54,55)43(56,57)44(58,59)45(60,61)62/h37H,5-36H2,1-4H3/p+1. The number of phosphoric ester groups is 1. The van der Waals surface area contributed by atoms with Crippen LogP contribution >= 0.6 is 7.82 Å². The van der Waals surface area contributed by atoms with E-state index in [1.807, 2.05) is 21.1 Å². The van der Waals surface area contributed by atoms with E-state index in [9.17, 15) is 84.1 Å². The monoisotopic (exact) mass is 1080 g/mol. The lowest BCUT2D eigenvalue weighted by Crippen LogP contribution is -2.74. The van der Waals surface area contributed by atoms with Gasteiger partial charge in [-0.2, -0.15) is 74.6 Å². The Morgan fingerprint density at radius 2 is 0.729 bits per heavy atom. The Kier molecular flexibility index (Phi) is 31.1. The van der Waals surface area contributed by atoms with Gasteiger partial charge in [0, 0.05) is 19.6 Å². The van der Waals surface area contributed by atoms with Crippen molar-refractivity contribution in [3.63, 3.8) is 0 Å². The second-order valence-corrected chi connectivity index (χ2v) is 20.5. The van der Waals surface area contributed by atoms with E-state index >= 15 is 0 Å². The Bertz CT molecular complexity index is 1420. The molecule has 0 aliphatic rings. The van der Waals surface area contributed by atoms with Gasteiger partial charge in [-0.1, -0.05) is 148 Å². The zero-order valence-electron chi connectivity index (χ0n) is 41.0. The third kappa shape index (κ3) is 23.1. The number of hydrogen-bond donors (Lipinski definition) is 1. The highest BCUT2D eigenvalue weighted by Gasteiger charge is 2.95. The molecule has 0 radical (unpaired) electrons. The molecule has 70 heavy (non-hydrogen) atoms. The zero-order valence-corrected chi connectivity index (χ0v) is 41.9. The van der Waals surface area contributed by atoms with Crippen LogP contribution < -0.4 is 0 Å². The Morgan fingerprint density at radius 3 is 1.06 bits per heavy atom. The number of ether oxygens (including phenoxy) is 2. The molecule has 0 aliphatic carbocycles. The molecule has 0 heterocycles. The van der Waals surface area contributed by atoms with Gasteiger partial charge >= 0.3 is 55.5 Å². The van der Waals surface area contributed by atoms with Gasteiger partial charge in [-0.05, 0) is 19.3 Å². The summed E-state index contributed by atoms with van der Waals surface area (Å²) in [5.74, 6) is -56.1. The van der Waals surface area contributed by atoms with Crippen LogP contribution in [0.25, 0.3) is 0 Å². The molecule has 2 unspecified atom stereocenters. The summed E-state index contributed by atoms with van der Waals surface area (Å²) in [5, 5.41) is 0. The SMILES string of the molecule is CCCCCCCCCCCCCCCCCCOCC(COCCCCCCCCCCCC(F)(F)C(F)(F)C(F)(F)C(F)(F)C(F)(F)C(F)(F)C(F)(F)C(F)(F)F)OP(=O)(O)OCC[N+](C)(C)C. The summed E-state index contributed by atoms with van der Waals surface area (Å²) in [6.45, 7) is 3.14. The van der Waals surface area contributed by atoms with Crippen LogP contribution in [-0.2, 0) is 23.1 Å². The number of alkyl halides is 17. The first kappa shape index (κ1) is 68.8. The molecule has 0 bridgehead atoms. The van der Waals surface area contributed by atoms with Crippen molar-refractivity contribution < 1.29 is 107 Å². The second kappa shape index (κ2) is 31.6. The van der Waals surface area contributed by atoms with Gasteiger partial charge in [0.2, 0.25) is 0 Å². The van der Waals surface area contributed by atoms with E-state index in [0.717, 1.165) is 25.7 Å². The lowest BCUT2D eigenvalue weighted by atomic mass is 9.87. The molecule has 0 aromatic carbocycles. The van der Waals surface area contributed by atoms with E-state index in [0.29, 0.717) is 49.7 Å². The van der Waals surface area contributed by atoms with Crippen molar-refractivity contribution >= 4 is 7.82 Å². The van der Waals surface area contributed by atoms with Crippen LogP contribution in [0.4, 0.5) is 74.6 Å². The van der Waals surface area contributed by atoms with Gasteiger partial charge in [-0.25, -0.2) is 4.57 Å². The van der Waals surface area contributed by atoms with E-state index in [1.165, 1.54) is 77.0 Å². The predicted octanol–water partition coefficient (Wildman–Crippen LogP) is 16.4. The maximum Gasteiger partial charge on any atom is 0.472 e. The Morgan fingerprint density at radius 1 is 0.429 bits per heavy atom. The van der Waals surface area contributed by atoms with Crippen molar-refractivity contribution in [2.24, 2.45) is 0 Å². The van der Waals surface area contributed by atoms with Gasteiger partial charge in [0.25, 0.3) is 0 Å². The number of rotatable bonds is 45. The minimum absolute atomic E-state index is 0.00910. The van der Waals surface area contributed by atoms with Gasteiger partial charge in [0.15, 0.2) is 0 Å². The minimum Gasteiger partial charge on any atom is -0.379 e. The first-order valence-corrected chi connectivity index (χ1v) is 25.9. The minimum atomic E-state index is -8.62. The average Bonchev–Trinajstić information content (AvgIpc) is 3.23. The molecule has 0 saturated carbocycles. The number of unbranched alkanes of at least 4 members (excludes halogenated alkanes) is 23. The van der Waals surface area contributed by atoms with E-state index in [1.54, 1.807) is 0 Å². The first-order valence-electron chi connectivity index (χ1n) is 24.4. The van der Waals surface area contributed by atoms with Gasteiger partial charge in [-0.15, -0.1) is 0 Å². The van der Waals surface area contributed by atoms with Crippen molar-refractivity contribution in [3.05, 3.63) is 0 Å². The van der Waals surface area contributed by atoms with E-state index in [4.69, 9.17) is 18.5 Å². The average molecular weight is 1080 g/mol. The van der Waals surface area contributed by atoms with E-state index in [2.05, 4.69) is 6.92 Å². The zero-order chi connectivity index (χ0) is 54.0. The predicted molar refractivity (Wildman–Crippen MR) is 232 cm³/mol. The largest absolute Gasteiger partial charge is 0.472 e. The molecule has 0 rings (SSSR count). The van der Waals surface area contributed by atoms with Crippen molar-refractivity contribution in [1.29, 1.82) is 0 Å². The molecule has 0 aliphatic heterocycles. The Hall–Kier alpha value is -1.20. The number of quaternary nitrogens is 1. The fourth-order valence-corrected chi connectivity index (χ4v) is 7.95. The van der Waals surface area contributed by atoms with Crippen molar-refractivity contribution in [2.75, 3.05) is 60.7 Å². The van der Waals surface area contributed by atoms with E-state index in [-0.39, 0.29) is 39.3 Å². The topological polar surface area (TPSA) is 74.2 Å². The number of halogens is 17. The lowest BCUT2D eigenvalue weighted by Gasteiger charge is -2.42. The molecule has 0 saturated heterocycles. The number of hydrogen-bond acceptors (Lipinski definition) is 5. The molecule has 1 N–H and O–H groups in total. The molecule has 2 atom stereocenters. The Balaban J connectivity index is 4.68. The Labute approximate surface area is 402 Å². The van der Waals surface area contributed by atoms with Gasteiger partial charge in [0.05, 0.1) is 34.4 Å². The second-order valence-electron chi connectivity index (χ2n) is 19.1. The quantitative estimate of drug-likeness (QED) is 0.0283. The van der Waals surface area contributed by atoms with E-state index < -0.39 is 80.8 Å².